The number of carbonyl (C=O) groups is 1. The van der Waals surface area contributed by atoms with E-state index in [4.69, 9.17) is 15.2 Å². The lowest BCUT2D eigenvalue weighted by Crippen LogP contribution is -2.35. The summed E-state index contributed by atoms with van der Waals surface area (Å²) in [6.07, 6.45) is 0.327. The van der Waals surface area contributed by atoms with Crippen molar-refractivity contribution in [3.05, 3.63) is 130 Å². The van der Waals surface area contributed by atoms with Gasteiger partial charge in [0.15, 0.2) is 0 Å². The number of carboxylic acids is 1. The Morgan fingerprint density at radius 2 is 1.15 bits per heavy atom. The van der Waals surface area contributed by atoms with E-state index >= 15 is 0 Å². The van der Waals surface area contributed by atoms with Crippen molar-refractivity contribution in [3.63, 3.8) is 0 Å². The van der Waals surface area contributed by atoms with E-state index in [0.29, 0.717) is 39.3 Å². The van der Waals surface area contributed by atoms with Gasteiger partial charge in [0, 0.05) is 30.8 Å². The van der Waals surface area contributed by atoms with Gasteiger partial charge in [-0.1, -0.05) is 96.1 Å². The molecular weight excluding hydrogens is 500 g/mol. The Kier molecular flexibility index (Phi) is 10.3. The summed E-state index contributed by atoms with van der Waals surface area (Å²) < 4.78 is 12.5. The summed E-state index contributed by atoms with van der Waals surface area (Å²) in [7, 11) is 0. The smallest absolute Gasteiger partial charge is 0.320 e. The van der Waals surface area contributed by atoms with Gasteiger partial charge >= 0.3 is 5.97 Å². The van der Waals surface area contributed by atoms with Gasteiger partial charge in [0.05, 0.1) is 0 Å². The Morgan fingerprint density at radius 3 is 1.57 bits per heavy atom. The minimum absolute atomic E-state index is 0.327. The van der Waals surface area contributed by atoms with Gasteiger partial charge in [-0.15, -0.1) is 0 Å². The highest BCUT2D eigenvalue weighted by atomic mass is 16.5. The monoisotopic (exact) mass is 538 g/mol. The second-order valence-electron chi connectivity index (χ2n) is 10.2. The number of hydrogen-bond donors (Lipinski definition) is 2. The van der Waals surface area contributed by atoms with Crippen LogP contribution in [0.15, 0.2) is 97.1 Å². The molecule has 0 unspecified atom stereocenters. The van der Waals surface area contributed by atoms with Gasteiger partial charge in [-0.2, -0.15) is 0 Å². The Balaban J connectivity index is 1.50. The first-order chi connectivity index (χ1) is 19.4. The Bertz CT molecular complexity index is 1270. The highest BCUT2D eigenvalue weighted by Crippen LogP contribution is 2.26. The Hall–Kier alpha value is -4.13. The van der Waals surface area contributed by atoms with Gasteiger partial charge in [-0.3, -0.25) is 9.69 Å². The van der Waals surface area contributed by atoms with Crippen LogP contribution in [0.1, 0.15) is 39.8 Å². The van der Waals surface area contributed by atoms with E-state index in [9.17, 15) is 9.90 Å². The van der Waals surface area contributed by atoms with E-state index in [0.717, 1.165) is 33.8 Å². The van der Waals surface area contributed by atoms with Crippen molar-refractivity contribution in [3.8, 4) is 11.5 Å². The minimum atomic E-state index is -0.997. The number of para-hydroxylation sites is 2. The van der Waals surface area contributed by atoms with Crippen LogP contribution in [-0.4, -0.2) is 28.6 Å². The maximum absolute atomic E-state index is 11.4. The van der Waals surface area contributed by atoms with Crippen LogP contribution in [0.4, 0.5) is 0 Å². The fraction of sp³-hybridized carbons (Fsp3) is 0.265. The van der Waals surface area contributed by atoms with Crippen molar-refractivity contribution in [1.29, 1.82) is 0 Å². The van der Waals surface area contributed by atoms with E-state index in [2.05, 4.69) is 67.3 Å². The maximum Gasteiger partial charge on any atom is 0.320 e. The van der Waals surface area contributed by atoms with Crippen LogP contribution in [0, 0.1) is 13.8 Å². The van der Waals surface area contributed by atoms with Crippen LogP contribution in [0.25, 0.3) is 0 Å². The van der Waals surface area contributed by atoms with E-state index in [1.807, 2.05) is 48.5 Å². The molecule has 0 aliphatic carbocycles. The quantitative estimate of drug-likeness (QED) is 0.197. The van der Waals surface area contributed by atoms with Crippen molar-refractivity contribution in [2.24, 2.45) is 5.73 Å². The van der Waals surface area contributed by atoms with Gasteiger partial charge in [0.2, 0.25) is 0 Å². The average molecular weight is 539 g/mol. The highest BCUT2D eigenvalue weighted by Gasteiger charge is 2.17. The van der Waals surface area contributed by atoms with Crippen LogP contribution < -0.4 is 15.2 Å². The van der Waals surface area contributed by atoms with Gasteiger partial charge < -0.3 is 20.3 Å². The van der Waals surface area contributed by atoms with Crippen LogP contribution >= 0.6 is 0 Å². The number of rotatable bonds is 14. The third-order valence-corrected chi connectivity index (χ3v) is 6.84. The van der Waals surface area contributed by atoms with Gasteiger partial charge in [-0.25, -0.2) is 0 Å². The molecule has 6 heteroatoms. The molecular formula is C34H38N2O4. The molecule has 0 radical (unpaired) electrons. The van der Waals surface area contributed by atoms with Crippen molar-refractivity contribution >= 4 is 5.97 Å². The Labute approximate surface area is 237 Å². The zero-order chi connectivity index (χ0) is 28.3. The topological polar surface area (TPSA) is 85.0 Å². The van der Waals surface area contributed by atoms with Gasteiger partial charge in [0.25, 0.3) is 0 Å². The zero-order valence-electron chi connectivity index (χ0n) is 23.3. The van der Waals surface area contributed by atoms with Gasteiger partial charge in [0.1, 0.15) is 30.8 Å². The van der Waals surface area contributed by atoms with E-state index in [1.165, 1.54) is 11.1 Å². The summed E-state index contributed by atoms with van der Waals surface area (Å²) in [5.74, 6) is 0.614. The van der Waals surface area contributed by atoms with Crippen LogP contribution in [0.3, 0.4) is 0 Å². The van der Waals surface area contributed by atoms with Gasteiger partial charge in [-0.05, 0) is 43.5 Å². The molecule has 4 aromatic rings. The molecule has 0 aliphatic heterocycles. The van der Waals surface area contributed by atoms with E-state index in [1.54, 1.807) is 0 Å². The SMILES string of the molecule is Cc1ccc(COc2ccccc2CN(CC[C@@H](N)C(=O)O)Cc2ccccc2OCc2ccc(C)cc2)cc1. The van der Waals surface area contributed by atoms with Crippen molar-refractivity contribution in [2.45, 2.75) is 52.6 Å². The summed E-state index contributed by atoms with van der Waals surface area (Å²) in [6, 6.07) is 31.7. The first-order valence-corrected chi connectivity index (χ1v) is 13.6. The molecule has 0 amide bonds. The highest BCUT2D eigenvalue weighted by molar-refractivity contribution is 5.73. The number of hydrogen-bond acceptors (Lipinski definition) is 5. The molecule has 6 nitrogen and oxygen atoms in total. The van der Waals surface area contributed by atoms with Crippen molar-refractivity contribution < 1.29 is 19.4 Å². The molecule has 0 heterocycles. The van der Waals surface area contributed by atoms with Crippen molar-refractivity contribution in [2.75, 3.05) is 6.54 Å². The molecule has 40 heavy (non-hydrogen) atoms. The Morgan fingerprint density at radius 1 is 0.725 bits per heavy atom. The molecule has 0 saturated heterocycles. The van der Waals surface area contributed by atoms with E-state index in [-0.39, 0.29) is 0 Å². The number of aliphatic carboxylic acids is 1. The molecule has 3 N–H and O–H groups in total. The second kappa shape index (κ2) is 14.3. The number of ether oxygens (including phenoxy) is 2. The number of nitrogens with two attached hydrogens (primary N) is 1. The lowest BCUT2D eigenvalue weighted by atomic mass is 10.1. The normalized spacial score (nSPS) is 11.8. The van der Waals surface area contributed by atoms with Crippen LogP contribution in [-0.2, 0) is 31.1 Å². The standard InChI is InChI=1S/C34H38N2O4/c1-25-11-15-27(16-12-25)23-39-32-9-5-3-7-29(32)21-36(20-19-31(35)34(37)38)22-30-8-4-6-10-33(30)40-24-28-17-13-26(2)14-18-28/h3-18,31H,19-24,35H2,1-2H3,(H,37,38)/t31-/m1/s1. The summed E-state index contributed by atoms with van der Waals surface area (Å²) >= 11 is 0. The predicted octanol–water partition coefficient (Wildman–Crippen LogP) is 6.27. The number of carboxylic acid groups (broad SMARTS) is 1. The number of aryl methyl sites for hydroxylation is 2. The average Bonchev–Trinajstić information content (AvgIpc) is 2.96. The van der Waals surface area contributed by atoms with Crippen LogP contribution in [0.2, 0.25) is 0 Å². The largest absolute Gasteiger partial charge is 0.489 e. The second-order valence-corrected chi connectivity index (χ2v) is 10.2. The fourth-order valence-corrected chi connectivity index (χ4v) is 4.38. The van der Waals surface area contributed by atoms with Crippen molar-refractivity contribution in [1.82, 2.24) is 4.90 Å². The first-order valence-electron chi connectivity index (χ1n) is 13.6. The lowest BCUT2D eigenvalue weighted by Gasteiger charge is -2.25. The molecule has 0 bridgehead atoms. The molecule has 0 aliphatic rings. The molecule has 1 atom stereocenters. The molecule has 0 aromatic heterocycles. The summed E-state index contributed by atoms with van der Waals surface area (Å²) in [5.41, 5.74) is 12.6. The maximum atomic E-state index is 11.4. The molecule has 0 spiro atoms. The minimum Gasteiger partial charge on any atom is -0.489 e. The third-order valence-electron chi connectivity index (χ3n) is 6.84. The predicted molar refractivity (Wildman–Crippen MR) is 158 cm³/mol. The molecule has 4 rings (SSSR count). The molecule has 208 valence electrons. The number of benzene rings is 4. The first kappa shape index (κ1) is 28.9. The molecule has 0 fully saturated rings. The summed E-state index contributed by atoms with van der Waals surface area (Å²) in [4.78, 5) is 13.6. The summed E-state index contributed by atoms with van der Waals surface area (Å²) in [5, 5.41) is 9.37. The third kappa shape index (κ3) is 8.70. The lowest BCUT2D eigenvalue weighted by molar-refractivity contribution is -0.138. The summed E-state index contributed by atoms with van der Waals surface area (Å²) in [6.45, 7) is 6.72. The van der Waals surface area contributed by atoms with E-state index < -0.39 is 12.0 Å². The molecule has 4 aromatic carbocycles. The number of nitrogens with zero attached hydrogens (tertiary/aromatic N) is 1. The fourth-order valence-electron chi connectivity index (χ4n) is 4.38. The van der Waals surface area contributed by atoms with Crippen LogP contribution in [0.5, 0.6) is 11.5 Å². The molecule has 0 saturated carbocycles. The zero-order valence-corrected chi connectivity index (χ0v) is 23.3.